The zero-order valence-electron chi connectivity index (χ0n) is 25.6. The van der Waals surface area contributed by atoms with Crippen LogP contribution in [0.25, 0.3) is 109 Å². The molecule has 12 rings (SSSR count). The van der Waals surface area contributed by atoms with Gasteiger partial charge in [0.2, 0.25) is 0 Å². The van der Waals surface area contributed by atoms with Crippen LogP contribution in [0.3, 0.4) is 0 Å². The van der Waals surface area contributed by atoms with Crippen LogP contribution < -0.4 is 0 Å². The zero-order chi connectivity index (χ0) is 31.1. The zero-order valence-corrected chi connectivity index (χ0v) is 25.6. The van der Waals surface area contributed by atoms with Gasteiger partial charge in [-0.1, -0.05) is 103 Å². The molecule has 0 saturated carbocycles. The van der Waals surface area contributed by atoms with Crippen molar-refractivity contribution in [2.24, 2.45) is 0 Å². The molecule has 0 bridgehead atoms. The third-order valence-corrected chi connectivity index (χ3v) is 10.6. The highest BCUT2D eigenvalue weighted by Crippen LogP contribution is 2.45. The molecule has 220 valence electrons. The van der Waals surface area contributed by atoms with Gasteiger partial charge in [0.25, 0.3) is 0 Å². The molecular weight excluding hydrogens is 585 g/mol. The van der Waals surface area contributed by atoms with Gasteiger partial charge in [0.1, 0.15) is 5.52 Å². The summed E-state index contributed by atoms with van der Waals surface area (Å²) < 4.78 is 4.82. The summed E-state index contributed by atoms with van der Waals surface area (Å²) >= 11 is 0. The first-order chi connectivity index (χ1) is 23.8. The molecule has 0 atom stereocenters. The first kappa shape index (κ1) is 24.7. The molecule has 0 amide bonds. The van der Waals surface area contributed by atoms with Gasteiger partial charge in [-0.2, -0.15) is 0 Å². The Labute approximate surface area is 273 Å². The number of fused-ring (bicyclic) bond motifs is 16. The number of benzene rings is 8. The highest BCUT2D eigenvalue weighted by atomic mass is 15.0. The van der Waals surface area contributed by atoms with Crippen molar-refractivity contribution in [3.63, 3.8) is 0 Å². The predicted molar refractivity (Wildman–Crippen MR) is 201 cm³/mol. The Morgan fingerprint density at radius 1 is 0.396 bits per heavy atom. The molecule has 4 heteroatoms. The van der Waals surface area contributed by atoms with Gasteiger partial charge in [0.15, 0.2) is 5.65 Å². The van der Waals surface area contributed by atoms with Crippen LogP contribution in [0.15, 0.2) is 146 Å². The molecule has 0 radical (unpaired) electrons. The van der Waals surface area contributed by atoms with Gasteiger partial charge in [0.05, 0.1) is 33.1 Å². The minimum absolute atomic E-state index is 0.898. The SMILES string of the molecule is c1ccc2c(c1)ccc1c2c2c3ccccc3ccc2n1-c1cc2c3nc4ccccc4nc3n3c4ccc5ccccc5c4c(c1)c23. The molecule has 0 fully saturated rings. The maximum Gasteiger partial charge on any atom is 0.165 e. The number of para-hydroxylation sites is 2. The van der Waals surface area contributed by atoms with E-state index in [4.69, 9.17) is 9.97 Å². The third-order valence-electron chi connectivity index (χ3n) is 10.6. The van der Waals surface area contributed by atoms with Gasteiger partial charge < -0.3 is 4.57 Å². The first-order valence-electron chi connectivity index (χ1n) is 16.4. The summed E-state index contributed by atoms with van der Waals surface area (Å²) in [5.41, 5.74) is 9.49. The Morgan fingerprint density at radius 2 is 0.896 bits per heavy atom. The van der Waals surface area contributed by atoms with E-state index >= 15 is 0 Å². The second-order valence-corrected chi connectivity index (χ2v) is 13.0. The van der Waals surface area contributed by atoms with Gasteiger partial charge in [-0.3, -0.25) is 4.40 Å². The van der Waals surface area contributed by atoms with Crippen LogP contribution in [0.1, 0.15) is 0 Å². The van der Waals surface area contributed by atoms with E-state index in [1.807, 2.05) is 12.1 Å². The summed E-state index contributed by atoms with van der Waals surface area (Å²) in [6.45, 7) is 0. The average Bonchev–Trinajstić information content (AvgIpc) is 3.78. The van der Waals surface area contributed by atoms with E-state index in [1.54, 1.807) is 0 Å². The van der Waals surface area contributed by atoms with E-state index in [0.29, 0.717) is 0 Å². The topological polar surface area (TPSA) is 35.1 Å². The van der Waals surface area contributed by atoms with Crippen LogP contribution in [0, 0.1) is 0 Å². The van der Waals surface area contributed by atoms with E-state index in [2.05, 4.69) is 142 Å². The summed E-state index contributed by atoms with van der Waals surface area (Å²) in [5, 5.41) is 13.7. The van der Waals surface area contributed by atoms with E-state index in [1.165, 1.54) is 70.4 Å². The van der Waals surface area contributed by atoms with Crippen LogP contribution in [0.5, 0.6) is 0 Å². The molecule has 12 aromatic rings. The normalized spacial score (nSPS) is 12.6. The third kappa shape index (κ3) is 2.96. The Kier molecular flexibility index (Phi) is 4.44. The lowest BCUT2D eigenvalue weighted by Gasteiger charge is -2.10. The maximum absolute atomic E-state index is 5.27. The molecule has 4 heterocycles. The van der Waals surface area contributed by atoms with Gasteiger partial charge in [-0.05, 0) is 74.8 Å². The number of aromatic nitrogens is 4. The molecule has 0 unspecified atom stereocenters. The Bertz CT molecular complexity index is 3240. The van der Waals surface area contributed by atoms with Crippen molar-refractivity contribution in [1.82, 2.24) is 18.9 Å². The summed E-state index contributed by atoms with van der Waals surface area (Å²) in [7, 11) is 0. The molecule has 48 heavy (non-hydrogen) atoms. The Morgan fingerprint density at radius 3 is 1.52 bits per heavy atom. The lowest BCUT2D eigenvalue weighted by atomic mass is 10.00. The Balaban J connectivity index is 1.34. The Hall–Kier alpha value is -6.52. The molecule has 0 spiro atoms. The second-order valence-electron chi connectivity index (χ2n) is 13.0. The molecule has 0 saturated heterocycles. The van der Waals surface area contributed by atoms with Crippen molar-refractivity contribution in [1.29, 1.82) is 0 Å². The van der Waals surface area contributed by atoms with Crippen LogP contribution in [0.4, 0.5) is 0 Å². The van der Waals surface area contributed by atoms with Crippen molar-refractivity contribution in [3.8, 4) is 5.69 Å². The van der Waals surface area contributed by atoms with Crippen LogP contribution in [-0.2, 0) is 0 Å². The number of hydrogen-bond acceptors (Lipinski definition) is 2. The lowest BCUT2D eigenvalue weighted by molar-refractivity contribution is 1.19. The van der Waals surface area contributed by atoms with E-state index in [-0.39, 0.29) is 0 Å². The van der Waals surface area contributed by atoms with E-state index < -0.39 is 0 Å². The molecule has 4 nitrogen and oxygen atoms in total. The summed E-state index contributed by atoms with van der Waals surface area (Å²) in [6.07, 6.45) is 0. The molecule has 0 aliphatic carbocycles. The number of rotatable bonds is 1. The minimum atomic E-state index is 0.898. The van der Waals surface area contributed by atoms with E-state index in [9.17, 15) is 0 Å². The average molecular weight is 609 g/mol. The quantitative estimate of drug-likeness (QED) is 0.186. The van der Waals surface area contributed by atoms with Crippen molar-refractivity contribution in [2.75, 3.05) is 0 Å². The summed E-state index contributed by atoms with van der Waals surface area (Å²) in [6, 6.07) is 52.8. The fourth-order valence-electron chi connectivity index (χ4n) is 8.58. The van der Waals surface area contributed by atoms with Crippen LogP contribution in [0.2, 0.25) is 0 Å². The fraction of sp³-hybridized carbons (Fsp3) is 0. The fourth-order valence-corrected chi connectivity index (χ4v) is 8.58. The maximum atomic E-state index is 5.27. The summed E-state index contributed by atoms with van der Waals surface area (Å²) in [5.74, 6) is 0. The second kappa shape index (κ2) is 8.64. The standard InChI is InChI=1S/C44H24N4/c1-4-12-29-25(9-1)17-20-36-39(29)32-23-28(24-33-42-44(48(36)43(32)33)46-35-16-8-7-15-34(35)45-42)47-37-21-18-26-10-2-5-13-30(26)40(37)41-31-14-6-3-11-27(31)19-22-38(41)47/h1-24H. The van der Waals surface area contributed by atoms with Gasteiger partial charge >= 0.3 is 0 Å². The number of hydrogen-bond donors (Lipinski definition) is 0. The number of nitrogens with zero attached hydrogens (tertiary/aromatic N) is 4. The van der Waals surface area contributed by atoms with E-state index in [0.717, 1.165) is 38.8 Å². The molecular formula is C44H24N4. The van der Waals surface area contributed by atoms with Crippen molar-refractivity contribution >= 4 is 104 Å². The predicted octanol–water partition coefficient (Wildman–Crippen LogP) is 11.3. The smallest absolute Gasteiger partial charge is 0.165 e. The van der Waals surface area contributed by atoms with Crippen LogP contribution >= 0.6 is 0 Å². The van der Waals surface area contributed by atoms with Gasteiger partial charge in [-0.15, -0.1) is 0 Å². The summed E-state index contributed by atoms with van der Waals surface area (Å²) in [4.78, 5) is 10.5. The minimum Gasteiger partial charge on any atom is -0.309 e. The van der Waals surface area contributed by atoms with Gasteiger partial charge in [0, 0.05) is 32.6 Å². The molecule has 0 aliphatic rings. The lowest BCUT2D eigenvalue weighted by Crippen LogP contribution is -1.94. The molecule has 0 aliphatic heterocycles. The highest BCUT2D eigenvalue weighted by Gasteiger charge is 2.24. The van der Waals surface area contributed by atoms with Crippen molar-refractivity contribution in [3.05, 3.63) is 146 Å². The monoisotopic (exact) mass is 608 g/mol. The largest absolute Gasteiger partial charge is 0.309 e. The first-order valence-corrected chi connectivity index (χ1v) is 16.4. The van der Waals surface area contributed by atoms with Gasteiger partial charge in [-0.25, -0.2) is 9.97 Å². The highest BCUT2D eigenvalue weighted by molar-refractivity contribution is 6.31. The van der Waals surface area contributed by atoms with Crippen molar-refractivity contribution in [2.45, 2.75) is 0 Å². The molecule has 8 aromatic carbocycles. The molecule has 0 N–H and O–H groups in total. The van der Waals surface area contributed by atoms with Crippen molar-refractivity contribution < 1.29 is 0 Å². The van der Waals surface area contributed by atoms with Crippen LogP contribution in [-0.4, -0.2) is 18.9 Å². The molecule has 4 aromatic heterocycles.